The normalized spacial score (nSPS) is 13.6. The molecule has 2 heterocycles. The van der Waals surface area contributed by atoms with E-state index in [1.165, 1.54) is 16.7 Å². The summed E-state index contributed by atoms with van der Waals surface area (Å²) in [5.74, 6) is 1.02. The van der Waals surface area contributed by atoms with Gasteiger partial charge in [-0.2, -0.15) is 11.3 Å². The summed E-state index contributed by atoms with van der Waals surface area (Å²) in [6.45, 7) is 1.33. The lowest BCUT2D eigenvalue weighted by Crippen LogP contribution is -1.99. The summed E-state index contributed by atoms with van der Waals surface area (Å²) in [5.41, 5.74) is 10.7. The number of hydrogen-bond acceptors (Lipinski definition) is 3. The molecule has 1 aliphatic heterocycles. The van der Waals surface area contributed by atoms with Crippen molar-refractivity contribution in [2.45, 2.75) is 13.0 Å². The number of benzene rings is 1. The van der Waals surface area contributed by atoms with Gasteiger partial charge in [-0.25, -0.2) is 0 Å². The maximum Gasteiger partial charge on any atom is 0.127 e. The maximum atomic E-state index is 5.77. The zero-order valence-electron chi connectivity index (χ0n) is 8.90. The van der Waals surface area contributed by atoms with E-state index < -0.39 is 0 Å². The van der Waals surface area contributed by atoms with Gasteiger partial charge in [0.2, 0.25) is 0 Å². The maximum absolute atomic E-state index is 5.77. The highest BCUT2D eigenvalue weighted by Gasteiger charge is 2.17. The highest BCUT2D eigenvalue weighted by molar-refractivity contribution is 7.08. The molecule has 0 bridgehead atoms. The molecule has 1 aromatic carbocycles. The number of rotatable bonds is 2. The number of thiophene rings is 1. The van der Waals surface area contributed by atoms with Crippen molar-refractivity contribution in [1.82, 2.24) is 0 Å². The van der Waals surface area contributed by atoms with Gasteiger partial charge in [-0.05, 0) is 45.6 Å². The SMILES string of the molecule is NCc1cc(-c2ccsc2)cc2c1OCC2. The van der Waals surface area contributed by atoms with Gasteiger partial charge in [0.05, 0.1) is 6.61 Å². The highest BCUT2D eigenvalue weighted by atomic mass is 32.1. The number of nitrogens with two attached hydrogens (primary N) is 1. The van der Waals surface area contributed by atoms with Crippen molar-refractivity contribution >= 4 is 11.3 Å². The molecule has 0 fully saturated rings. The summed E-state index contributed by atoms with van der Waals surface area (Å²) in [5, 5.41) is 4.26. The Kier molecular flexibility index (Phi) is 2.42. The highest BCUT2D eigenvalue weighted by Crippen LogP contribution is 2.34. The van der Waals surface area contributed by atoms with Gasteiger partial charge in [-0.3, -0.25) is 0 Å². The van der Waals surface area contributed by atoms with Crippen molar-refractivity contribution in [3.63, 3.8) is 0 Å². The van der Waals surface area contributed by atoms with Gasteiger partial charge >= 0.3 is 0 Å². The van der Waals surface area contributed by atoms with Crippen LogP contribution in [0.3, 0.4) is 0 Å². The fraction of sp³-hybridized carbons (Fsp3) is 0.231. The van der Waals surface area contributed by atoms with E-state index in [2.05, 4.69) is 29.0 Å². The Balaban J connectivity index is 2.15. The van der Waals surface area contributed by atoms with Crippen LogP contribution in [0.1, 0.15) is 11.1 Å². The molecule has 2 nitrogen and oxygen atoms in total. The van der Waals surface area contributed by atoms with Crippen LogP contribution in [-0.2, 0) is 13.0 Å². The van der Waals surface area contributed by atoms with Gasteiger partial charge < -0.3 is 10.5 Å². The molecule has 2 aromatic rings. The molecule has 0 spiro atoms. The van der Waals surface area contributed by atoms with E-state index in [-0.39, 0.29) is 0 Å². The van der Waals surface area contributed by atoms with Crippen LogP contribution < -0.4 is 10.5 Å². The average Bonchev–Trinajstić information content (AvgIpc) is 2.97. The molecule has 0 amide bonds. The van der Waals surface area contributed by atoms with Crippen molar-refractivity contribution in [1.29, 1.82) is 0 Å². The van der Waals surface area contributed by atoms with E-state index in [1.807, 2.05) is 0 Å². The second kappa shape index (κ2) is 3.92. The molecular formula is C13H13NOS. The van der Waals surface area contributed by atoms with E-state index in [1.54, 1.807) is 11.3 Å². The number of fused-ring (bicyclic) bond motifs is 1. The zero-order valence-corrected chi connectivity index (χ0v) is 9.72. The molecule has 0 aliphatic carbocycles. The van der Waals surface area contributed by atoms with Gasteiger partial charge in [0.15, 0.2) is 0 Å². The standard InChI is InChI=1S/C13H13NOS/c14-7-12-6-11(10-2-4-16-8-10)5-9-1-3-15-13(9)12/h2,4-6,8H,1,3,7,14H2. The summed E-state index contributed by atoms with van der Waals surface area (Å²) in [4.78, 5) is 0. The summed E-state index contributed by atoms with van der Waals surface area (Å²) in [6, 6.07) is 6.51. The van der Waals surface area contributed by atoms with Crippen molar-refractivity contribution in [2.24, 2.45) is 5.73 Å². The van der Waals surface area contributed by atoms with Crippen molar-refractivity contribution in [3.05, 3.63) is 40.1 Å². The minimum Gasteiger partial charge on any atom is -0.493 e. The lowest BCUT2D eigenvalue weighted by molar-refractivity contribution is 0.353. The second-order valence-electron chi connectivity index (χ2n) is 3.94. The van der Waals surface area contributed by atoms with E-state index in [0.717, 1.165) is 24.3 Å². The van der Waals surface area contributed by atoms with Gasteiger partial charge in [-0.15, -0.1) is 0 Å². The Labute approximate surface area is 98.7 Å². The predicted octanol–water partition coefficient (Wildman–Crippen LogP) is 2.81. The van der Waals surface area contributed by atoms with E-state index >= 15 is 0 Å². The molecule has 3 heteroatoms. The van der Waals surface area contributed by atoms with Gasteiger partial charge in [-0.1, -0.05) is 0 Å². The molecule has 1 aliphatic rings. The third-order valence-electron chi connectivity index (χ3n) is 2.93. The molecular weight excluding hydrogens is 218 g/mol. The fourth-order valence-corrected chi connectivity index (χ4v) is 2.80. The first-order chi connectivity index (χ1) is 7.88. The molecule has 0 saturated carbocycles. The van der Waals surface area contributed by atoms with Crippen molar-refractivity contribution in [3.8, 4) is 16.9 Å². The Bertz CT molecular complexity index is 505. The van der Waals surface area contributed by atoms with Gasteiger partial charge in [0.1, 0.15) is 5.75 Å². The predicted molar refractivity (Wildman–Crippen MR) is 66.8 cm³/mol. The lowest BCUT2D eigenvalue weighted by Gasteiger charge is -2.08. The largest absolute Gasteiger partial charge is 0.493 e. The Hall–Kier alpha value is -1.32. The summed E-state index contributed by atoms with van der Waals surface area (Å²) >= 11 is 1.72. The van der Waals surface area contributed by atoms with Gasteiger partial charge in [0, 0.05) is 18.5 Å². The quantitative estimate of drug-likeness (QED) is 0.862. The first kappa shape index (κ1) is 9.87. The molecule has 2 N–H and O–H groups in total. The monoisotopic (exact) mass is 231 g/mol. The minimum atomic E-state index is 0.542. The number of hydrogen-bond donors (Lipinski definition) is 1. The lowest BCUT2D eigenvalue weighted by atomic mass is 10.00. The summed E-state index contributed by atoms with van der Waals surface area (Å²) in [6.07, 6.45) is 1.00. The molecule has 0 atom stereocenters. The second-order valence-corrected chi connectivity index (χ2v) is 4.72. The Morgan fingerprint density at radius 3 is 3.00 bits per heavy atom. The smallest absolute Gasteiger partial charge is 0.127 e. The summed E-state index contributed by atoms with van der Waals surface area (Å²) < 4.78 is 5.62. The zero-order chi connectivity index (χ0) is 11.0. The fourth-order valence-electron chi connectivity index (χ4n) is 2.14. The van der Waals surface area contributed by atoms with E-state index in [9.17, 15) is 0 Å². The third-order valence-corrected chi connectivity index (χ3v) is 3.62. The van der Waals surface area contributed by atoms with Gasteiger partial charge in [0.25, 0.3) is 0 Å². The summed E-state index contributed by atoms with van der Waals surface area (Å²) in [7, 11) is 0. The Morgan fingerprint density at radius 1 is 1.31 bits per heavy atom. The van der Waals surface area contributed by atoms with Crippen LogP contribution in [0.4, 0.5) is 0 Å². The molecule has 82 valence electrons. The molecule has 1 aromatic heterocycles. The van der Waals surface area contributed by atoms with Crippen LogP contribution in [0.2, 0.25) is 0 Å². The topological polar surface area (TPSA) is 35.2 Å². The molecule has 0 radical (unpaired) electrons. The minimum absolute atomic E-state index is 0.542. The van der Waals surface area contributed by atoms with Crippen molar-refractivity contribution in [2.75, 3.05) is 6.61 Å². The Morgan fingerprint density at radius 2 is 2.25 bits per heavy atom. The van der Waals surface area contributed by atoms with Crippen LogP contribution in [-0.4, -0.2) is 6.61 Å². The third kappa shape index (κ3) is 1.52. The molecule has 0 unspecified atom stereocenters. The first-order valence-corrected chi connectivity index (χ1v) is 6.34. The molecule has 3 rings (SSSR count). The van der Waals surface area contributed by atoms with Crippen LogP contribution in [0.15, 0.2) is 29.0 Å². The van der Waals surface area contributed by atoms with E-state index in [4.69, 9.17) is 10.5 Å². The molecule has 16 heavy (non-hydrogen) atoms. The van der Waals surface area contributed by atoms with Crippen LogP contribution in [0.5, 0.6) is 5.75 Å². The van der Waals surface area contributed by atoms with E-state index in [0.29, 0.717) is 6.54 Å². The van der Waals surface area contributed by atoms with Crippen LogP contribution in [0.25, 0.3) is 11.1 Å². The van der Waals surface area contributed by atoms with Crippen LogP contribution in [0, 0.1) is 0 Å². The first-order valence-electron chi connectivity index (χ1n) is 5.39. The van der Waals surface area contributed by atoms with Crippen LogP contribution >= 0.6 is 11.3 Å². The molecule has 0 saturated heterocycles. The van der Waals surface area contributed by atoms with Crippen molar-refractivity contribution < 1.29 is 4.74 Å². The average molecular weight is 231 g/mol. The number of ether oxygens (including phenoxy) is 1.